The van der Waals surface area contributed by atoms with E-state index in [4.69, 9.17) is 4.74 Å². The number of carbonyl (C=O) groups excluding carboxylic acids is 3. The molecule has 0 aliphatic carbocycles. The maximum absolute atomic E-state index is 13.8. The van der Waals surface area contributed by atoms with Gasteiger partial charge in [-0.3, -0.25) is 19.4 Å². The van der Waals surface area contributed by atoms with Gasteiger partial charge in [0, 0.05) is 41.9 Å². The molecule has 0 atom stereocenters. The minimum Gasteiger partial charge on any atom is -0.508 e. The maximum Gasteiger partial charge on any atom is 0.228 e. The van der Waals surface area contributed by atoms with E-state index in [1.807, 2.05) is 146 Å². The van der Waals surface area contributed by atoms with Crippen molar-refractivity contribution in [1.29, 1.82) is 0 Å². The van der Waals surface area contributed by atoms with Crippen LogP contribution in [0.25, 0.3) is 92.1 Å². The highest BCUT2D eigenvalue weighted by atomic mass is 19.1. The van der Waals surface area contributed by atoms with E-state index < -0.39 is 5.82 Å². The summed E-state index contributed by atoms with van der Waals surface area (Å²) in [5, 5.41) is 39.9. The van der Waals surface area contributed by atoms with Crippen LogP contribution in [0, 0.1) is 5.82 Å². The summed E-state index contributed by atoms with van der Waals surface area (Å²) in [5.74, 6) is 0.0172. The number of aromatic amines is 1. The molecule has 0 bridgehead atoms. The fourth-order valence-corrected chi connectivity index (χ4v) is 11.5. The zero-order valence-electron chi connectivity index (χ0n) is 52.9. The third-order valence-electron chi connectivity index (χ3n) is 16.6. The van der Waals surface area contributed by atoms with E-state index >= 15 is 0 Å². The average Bonchev–Trinajstić information content (AvgIpc) is 0.989. The third-order valence-corrected chi connectivity index (χ3v) is 16.6. The predicted octanol–water partition coefficient (Wildman–Crippen LogP) is 16.8. The molecular formula is C83H67FN6O7. The van der Waals surface area contributed by atoms with E-state index in [1.165, 1.54) is 12.1 Å². The van der Waals surface area contributed by atoms with Gasteiger partial charge in [0.25, 0.3) is 0 Å². The number of rotatable bonds is 23. The molecule has 0 aliphatic rings. The predicted molar refractivity (Wildman–Crippen MR) is 384 cm³/mol. The lowest BCUT2D eigenvalue weighted by atomic mass is 9.88. The van der Waals surface area contributed by atoms with Crippen LogP contribution in [-0.2, 0) is 46.7 Å². The molecule has 0 aliphatic heterocycles. The van der Waals surface area contributed by atoms with E-state index in [0.29, 0.717) is 22.8 Å². The van der Waals surface area contributed by atoms with E-state index in [1.54, 1.807) is 56.0 Å². The van der Waals surface area contributed by atoms with Crippen molar-refractivity contribution in [2.24, 2.45) is 0 Å². The molecule has 478 valence electrons. The normalized spacial score (nSPS) is 11.3. The highest BCUT2D eigenvalue weighted by Gasteiger charge is 2.19. The zero-order chi connectivity index (χ0) is 67.0. The fourth-order valence-electron chi connectivity index (χ4n) is 11.5. The number of methoxy groups -OCH3 is 1. The minimum absolute atomic E-state index is 0.0478. The Labute approximate surface area is 561 Å². The van der Waals surface area contributed by atoms with Crippen molar-refractivity contribution in [3.63, 3.8) is 0 Å². The van der Waals surface area contributed by atoms with E-state index in [0.717, 1.165) is 112 Å². The number of phenolic OH excluding ortho intramolecular Hbond substituents is 3. The number of ether oxygens (including phenoxy) is 1. The van der Waals surface area contributed by atoms with Crippen LogP contribution in [0.1, 0.15) is 61.5 Å². The van der Waals surface area contributed by atoms with Gasteiger partial charge in [-0.05, 0) is 191 Å². The molecule has 0 fully saturated rings. The number of carbonyl (C=O) groups is 3. The number of halogens is 1. The van der Waals surface area contributed by atoms with Crippen LogP contribution in [0.3, 0.4) is 0 Å². The molecule has 10 aromatic carbocycles. The van der Waals surface area contributed by atoms with Crippen LogP contribution in [0.5, 0.6) is 23.0 Å². The second-order valence-electron chi connectivity index (χ2n) is 23.3. The first-order valence-corrected chi connectivity index (χ1v) is 31.5. The van der Waals surface area contributed by atoms with Crippen LogP contribution >= 0.6 is 0 Å². The molecule has 12 rings (SSSR count). The summed E-state index contributed by atoms with van der Waals surface area (Å²) in [4.78, 5) is 52.5. The molecule has 14 heteroatoms. The van der Waals surface area contributed by atoms with Crippen molar-refractivity contribution < 1.29 is 38.8 Å². The molecular weight excluding hydrogens is 1210 g/mol. The summed E-state index contributed by atoms with van der Waals surface area (Å²) in [6, 6.07) is 71.8. The van der Waals surface area contributed by atoms with Crippen molar-refractivity contribution in [1.82, 2.24) is 25.6 Å². The van der Waals surface area contributed by atoms with Gasteiger partial charge in [0.2, 0.25) is 17.7 Å². The molecule has 0 radical (unpaired) electrons. The summed E-state index contributed by atoms with van der Waals surface area (Å²) in [7, 11) is 1.60. The number of hydrogen-bond acceptors (Lipinski definition) is 9. The number of nitrogens with one attached hydrogen (secondary N) is 4. The number of hydrogen-bond donors (Lipinski definition) is 7. The minimum atomic E-state index is -0.490. The summed E-state index contributed by atoms with van der Waals surface area (Å²) in [6.45, 7) is 0.316. The summed E-state index contributed by atoms with van der Waals surface area (Å²) in [5.41, 5.74) is 18.2. The van der Waals surface area contributed by atoms with Crippen LogP contribution < -0.4 is 20.7 Å². The van der Waals surface area contributed by atoms with Crippen molar-refractivity contribution >= 4 is 59.9 Å². The number of benzene rings is 10. The number of para-hydroxylation sites is 1. The van der Waals surface area contributed by atoms with Gasteiger partial charge in [-0.1, -0.05) is 176 Å². The third kappa shape index (κ3) is 16.8. The molecule has 12 aromatic rings. The number of H-pyrrole nitrogens is 1. The average molecular weight is 1280 g/mol. The number of aromatic hydroxyl groups is 3. The lowest BCUT2D eigenvalue weighted by Gasteiger charge is -2.18. The quantitative estimate of drug-likeness (QED) is 0.0305. The molecule has 0 saturated heterocycles. The molecule has 2 aromatic heterocycles. The summed E-state index contributed by atoms with van der Waals surface area (Å²) in [6.07, 6.45) is 16.5. The first kappa shape index (κ1) is 64.4. The van der Waals surface area contributed by atoms with Crippen LogP contribution in [-0.4, -0.2) is 55.1 Å². The van der Waals surface area contributed by atoms with E-state index in [2.05, 4.69) is 104 Å². The van der Waals surface area contributed by atoms with Gasteiger partial charge in [0.15, 0.2) is 0 Å². The Morgan fingerprint density at radius 1 is 0.454 bits per heavy atom. The highest BCUT2D eigenvalue weighted by molar-refractivity contribution is 5.99. The number of aromatic nitrogens is 3. The number of nitrogens with zero attached hydrogens (tertiary/aromatic N) is 2. The van der Waals surface area contributed by atoms with Crippen molar-refractivity contribution in [3.8, 4) is 78.6 Å². The van der Waals surface area contributed by atoms with Gasteiger partial charge >= 0.3 is 0 Å². The lowest BCUT2D eigenvalue weighted by Crippen LogP contribution is -2.25. The Morgan fingerprint density at radius 2 is 0.928 bits per heavy atom. The van der Waals surface area contributed by atoms with Crippen LogP contribution in [0.2, 0.25) is 0 Å². The first-order valence-electron chi connectivity index (χ1n) is 31.5. The number of pyridine rings is 1. The van der Waals surface area contributed by atoms with Crippen molar-refractivity contribution in [2.45, 2.75) is 32.4 Å². The molecule has 0 unspecified atom stereocenters. The second kappa shape index (κ2) is 30.4. The van der Waals surface area contributed by atoms with Crippen molar-refractivity contribution in [3.05, 3.63) is 317 Å². The molecule has 3 amide bonds. The maximum atomic E-state index is 13.8. The lowest BCUT2D eigenvalue weighted by molar-refractivity contribution is -0.121. The highest BCUT2D eigenvalue weighted by Crippen LogP contribution is 2.40. The Bertz CT molecular complexity index is 4870. The Morgan fingerprint density at radius 3 is 1.44 bits per heavy atom. The summed E-state index contributed by atoms with van der Waals surface area (Å²) < 4.78 is 19.2. The molecule has 13 nitrogen and oxygen atoms in total. The van der Waals surface area contributed by atoms with Crippen LogP contribution in [0.4, 0.5) is 10.1 Å². The summed E-state index contributed by atoms with van der Waals surface area (Å²) >= 11 is 0. The topological polar surface area (TPSA) is 199 Å². The molecule has 0 saturated carbocycles. The van der Waals surface area contributed by atoms with E-state index in [-0.39, 0.29) is 67.3 Å². The molecule has 97 heavy (non-hydrogen) atoms. The first-order chi connectivity index (χ1) is 47.3. The molecule has 2 heterocycles. The monoisotopic (exact) mass is 1280 g/mol. The number of imidazole rings is 1. The van der Waals surface area contributed by atoms with Gasteiger partial charge in [-0.15, -0.1) is 0 Å². The Hall–Kier alpha value is -12.7. The number of anilines is 1. The second-order valence-corrected chi connectivity index (χ2v) is 23.3. The Balaban J connectivity index is 0.943. The van der Waals surface area contributed by atoms with Crippen molar-refractivity contribution in [2.75, 3.05) is 12.4 Å². The van der Waals surface area contributed by atoms with Gasteiger partial charge in [0.05, 0.1) is 38.9 Å². The standard InChI is InChI=1S/C83H67FN6O7/c1-97-73-36-19-57(20-37-73)42-83(96)90-80-9-5-4-8-79(80)76-39-25-60(44-64(76)23-12-56-17-34-72(93)35-18-56)62-27-41-78(66(46-62)50-88-82(95)48-69-52-85-53-89-69)75-38-24-59(43-63(75)22-11-55-15-32-71(92)33-16-55)61-26-40-77(65(45-61)49-87-81(94)47-68-29-28-67(84)51-86-68)74-7-3-2-6-58(74)21-10-54-13-30-70(91)31-14-54/h2-41,43-46,51-53,91-93H,42,47-50H2,1H3,(H,85,89)(H,87,94)(H,88,95)(H,90,96). The zero-order valence-corrected chi connectivity index (χ0v) is 52.9. The molecule has 7 N–H and O–H groups in total. The SMILES string of the molecule is COc1ccc(CC(=O)Nc2ccccc2-c2ccc(-c3ccc(-c4ccc(-c5ccc(-c6ccccc6C=Cc6ccc(O)cc6)c(CNC(=O)Cc6ccc(F)cn6)c5)cc4C=Cc4ccc(O)cc4)c(CNC(=O)Cc4cnc[nH]4)c3)cc2C=Cc2ccc(O)cc2)cc1. The fraction of sp³-hybridized carbons (Fsp3) is 0.0723. The van der Waals surface area contributed by atoms with Gasteiger partial charge in [-0.25, -0.2) is 9.37 Å². The van der Waals surface area contributed by atoms with Gasteiger partial charge in [0.1, 0.15) is 28.8 Å². The van der Waals surface area contributed by atoms with E-state index in [9.17, 15) is 34.1 Å². The number of phenols is 3. The Kier molecular flexibility index (Phi) is 20.2. The van der Waals surface area contributed by atoms with Gasteiger partial charge < -0.3 is 41.0 Å². The smallest absolute Gasteiger partial charge is 0.228 e. The van der Waals surface area contributed by atoms with Crippen LogP contribution in [0.15, 0.2) is 249 Å². The molecule has 0 spiro atoms. The largest absolute Gasteiger partial charge is 0.508 e. The van der Waals surface area contributed by atoms with Gasteiger partial charge in [-0.2, -0.15) is 0 Å². The number of amides is 3.